The van der Waals surface area contributed by atoms with Crippen LogP contribution in [-0.4, -0.2) is 25.3 Å². The van der Waals surface area contributed by atoms with Crippen molar-refractivity contribution in [2.75, 3.05) is 20.2 Å². The molecule has 1 atom stereocenters. The molecule has 0 radical (unpaired) electrons. The number of hydrogen-bond donors (Lipinski definition) is 3. The van der Waals surface area contributed by atoms with Crippen molar-refractivity contribution < 1.29 is 9.84 Å². The smallest absolute Gasteiger partial charge is 0.127 e. The minimum absolute atomic E-state index is 0. The van der Waals surface area contributed by atoms with Gasteiger partial charge in [-0.25, -0.2) is 0 Å². The second kappa shape index (κ2) is 6.83. The van der Waals surface area contributed by atoms with Gasteiger partial charge in [0.15, 0.2) is 0 Å². The normalized spacial score (nSPS) is 17.9. The Morgan fingerprint density at radius 3 is 2.67 bits per heavy atom. The summed E-state index contributed by atoms with van der Waals surface area (Å²) >= 11 is 0. The highest BCUT2D eigenvalue weighted by Crippen LogP contribution is 2.37. The van der Waals surface area contributed by atoms with Crippen LogP contribution in [0.2, 0.25) is 0 Å². The van der Waals surface area contributed by atoms with Gasteiger partial charge in [0.1, 0.15) is 11.5 Å². The molecule has 0 amide bonds. The molecule has 4 N–H and O–H groups in total. The lowest BCUT2D eigenvalue weighted by molar-refractivity contribution is 0.306. The maximum absolute atomic E-state index is 9.95. The molecule has 1 aliphatic rings. The number of nitrogens with one attached hydrogen (secondary N) is 1. The van der Waals surface area contributed by atoms with Gasteiger partial charge in [0, 0.05) is 6.04 Å². The number of phenolic OH excluding ortho intramolecular Hbond substituents is 1. The fourth-order valence-corrected chi connectivity index (χ4v) is 2.48. The van der Waals surface area contributed by atoms with E-state index in [9.17, 15) is 5.11 Å². The lowest BCUT2D eigenvalue weighted by atomic mass is 9.86. The van der Waals surface area contributed by atoms with E-state index in [-0.39, 0.29) is 24.2 Å². The second-order valence-electron chi connectivity index (χ2n) is 4.51. The summed E-state index contributed by atoms with van der Waals surface area (Å²) in [5.74, 6) is 1.31. The van der Waals surface area contributed by atoms with Crippen molar-refractivity contribution in [2.24, 2.45) is 11.7 Å². The molecular formula is C13H21ClN2O2. The van der Waals surface area contributed by atoms with Crippen LogP contribution in [0.25, 0.3) is 0 Å². The Balaban J connectivity index is 0.00000162. The number of hydrogen-bond acceptors (Lipinski definition) is 4. The van der Waals surface area contributed by atoms with E-state index in [0.29, 0.717) is 11.7 Å². The zero-order chi connectivity index (χ0) is 12.3. The third kappa shape index (κ3) is 3.07. The Morgan fingerprint density at radius 1 is 1.39 bits per heavy atom. The molecule has 102 valence electrons. The summed E-state index contributed by atoms with van der Waals surface area (Å²) in [7, 11) is 1.60. The van der Waals surface area contributed by atoms with Gasteiger partial charge in [-0.1, -0.05) is 6.07 Å². The molecule has 4 nitrogen and oxygen atoms in total. The molecule has 0 unspecified atom stereocenters. The Kier molecular flexibility index (Phi) is 5.72. The maximum atomic E-state index is 9.95. The van der Waals surface area contributed by atoms with Crippen LogP contribution in [-0.2, 0) is 0 Å². The summed E-state index contributed by atoms with van der Waals surface area (Å²) in [5.41, 5.74) is 7.02. The zero-order valence-electron chi connectivity index (χ0n) is 10.6. The average molecular weight is 273 g/mol. The molecule has 0 saturated carbocycles. The standard InChI is InChI=1S/C13H20N2O2.ClH/c1-17-11-4-2-3-10(16)12(11)13(14)9-5-7-15-8-6-9;/h2-4,9,13,15-16H,5-8,14H2,1H3;1H/t13-;/m1./s1. The average Bonchev–Trinajstić information content (AvgIpc) is 2.38. The molecular weight excluding hydrogens is 252 g/mol. The predicted octanol–water partition coefficient (Wildman–Crippen LogP) is 1.82. The molecule has 5 heteroatoms. The van der Waals surface area contributed by atoms with E-state index in [1.807, 2.05) is 6.07 Å². The van der Waals surface area contributed by atoms with Crippen molar-refractivity contribution >= 4 is 12.4 Å². The summed E-state index contributed by atoms with van der Waals surface area (Å²) in [6.07, 6.45) is 2.08. The van der Waals surface area contributed by atoms with Gasteiger partial charge in [-0.05, 0) is 44.0 Å². The lowest BCUT2D eigenvalue weighted by Gasteiger charge is -2.29. The first-order valence-electron chi connectivity index (χ1n) is 6.06. The van der Waals surface area contributed by atoms with Gasteiger partial charge in [-0.15, -0.1) is 12.4 Å². The summed E-state index contributed by atoms with van der Waals surface area (Å²) in [6, 6.07) is 5.12. The number of halogens is 1. The molecule has 2 rings (SSSR count). The van der Waals surface area contributed by atoms with Crippen LogP contribution < -0.4 is 15.8 Å². The minimum atomic E-state index is -0.159. The first-order valence-corrected chi connectivity index (χ1v) is 6.06. The van der Waals surface area contributed by atoms with E-state index >= 15 is 0 Å². The van der Waals surface area contributed by atoms with Gasteiger partial charge in [0.2, 0.25) is 0 Å². The first-order chi connectivity index (χ1) is 8.24. The van der Waals surface area contributed by atoms with Crippen LogP contribution in [0.4, 0.5) is 0 Å². The fourth-order valence-electron chi connectivity index (χ4n) is 2.48. The van der Waals surface area contributed by atoms with Gasteiger partial charge in [0.25, 0.3) is 0 Å². The second-order valence-corrected chi connectivity index (χ2v) is 4.51. The van der Waals surface area contributed by atoms with Crippen LogP contribution >= 0.6 is 12.4 Å². The number of nitrogens with two attached hydrogens (primary N) is 1. The summed E-state index contributed by atoms with van der Waals surface area (Å²) < 4.78 is 5.28. The van der Waals surface area contributed by atoms with E-state index in [4.69, 9.17) is 10.5 Å². The van der Waals surface area contributed by atoms with Crippen molar-refractivity contribution in [2.45, 2.75) is 18.9 Å². The molecule has 1 fully saturated rings. The van der Waals surface area contributed by atoms with Crippen LogP contribution in [0.5, 0.6) is 11.5 Å². The molecule has 1 aliphatic heterocycles. The summed E-state index contributed by atoms with van der Waals surface area (Å²) in [5, 5.41) is 13.3. The van der Waals surface area contributed by atoms with Gasteiger partial charge < -0.3 is 20.9 Å². The highest BCUT2D eigenvalue weighted by atomic mass is 35.5. The quantitative estimate of drug-likeness (QED) is 0.785. The van der Waals surface area contributed by atoms with E-state index < -0.39 is 0 Å². The maximum Gasteiger partial charge on any atom is 0.127 e. The predicted molar refractivity (Wildman–Crippen MR) is 74.4 cm³/mol. The monoisotopic (exact) mass is 272 g/mol. The lowest BCUT2D eigenvalue weighted by Crippen LogP contribution is -2.34. The molecule has 1 aromatic carbocycles. The highest BCUT2D eigenvalue weighted by Gasteiger charge is 2.26. The number of aromatic hydroxyl groups is 1. The molecule has 1 saturated heterocycles. The van der Waals surface area contributed by atoms with Crippen molar-refractivity contribution in [3.63, 3.8) is 0 Å². The summed E-state index contributed by atoms with van der Waals surface area (Å²) in [4.78, 5) is 0. The molecule has 1 heterocycles. The van der Waals surface area contributed by atoms with Crippen molar-refractivity contribution in [1.29, 1.82) is 0 Å². The number of piperidine rings is 1. The summed E-state index contributed by atoms with van der Waals surface area (Å²) in [6.45, 7) is 1.99. The van der Waals surface area contributed by atoms with Gasteiger partial charge in [0.05, 0.1) is 12.7 Å². The Hall–Kier alpha value is -0.970. The number of ether oxygens (including phenoxy) is 1. The largest absolute Gasteiger partial charge is 0.507 e. The van der Waals surface area contributed by atoms with Crippen LogP contribution in [0.15, 0.2) is 18.2 Å². The van der Waals surface area contributed by atoms with Gasteiger partial charge >= 0.3 is 0 Å². The van der Waals surface area contributed by atoms with Gasteiger partial charge in [-0.3, -0.25) is 0 Å². The third-order valence-corrected chi connectivity index (χ3v) is 3.49. The van der Waals surface area contributed by atoms with E-state index in [2.05, 4.69) is 5.32 Å². The molecule has 1 aromatic rings. The van der Waals surface area contributed by atoms with Crippen LogP contribution in [0.1, 0.15) is 24.4 Å². The van der Waals surface area contributed by atoms with Crippen molar-refractivity contribution in [1.82, 2.24) is 5.32 Å². The number of methoxy groups -OCH3 is 1. The third-order valence-electron chi connectivity index (χ3n) is 3.49. The zero-order valence-corrected chi connectivity index (χ0v) is 11.4. The van der Waals surface area contributed by atoms with E-state index in [0.717, 1.165) is 31.5 Å². The Bertz CT molecular complexity index is 381. The van der Waals surface area contributed by atoms with Crippen LogP contribution in [0.3, 0.4) is 0 Å². The topological polar surface area (TPSA) is 67.5 Å². The van der Waals surface area contributed by atoms with Gasteiger partial charge in [-0.2, -0.15) is 0 Å². The number of benzene rings is 1. The van der Waals surface area contributed by atoms with E-state index in [1.54, 1.807) is 19.2 Å². The fraction of sp³-hybridized carbons (Fsp3) is 0.538. The molecule has 0 spiro atoms. The van der Waals surface area contributed by atoms with Crippen molar-refractivity contribution in [3.05, 3.63) is 23.8 Å². The molecule has 0 bridgehead atoms. The number of phenols is 1. The van der Waals surface area contributed by atoms with Crippen molar-refractivity contribution in [3.8, 4) is 11.5 Å². The Labute approximate surface area is 114 Å². The first kappa shape index (κ1) is 15.1. The highest BCUT2D eigenvalue weighted by molar-refractivity contribution is 5.85. The van der Waals surface area contributed by atoms with Crippen LogP contribution in [0, 0.1) is 5.92 Å². The SMILES string of the molecule is COc1cccc(O)c1[C@H](N)C1CCNCC1.Cl. The molecule has 0 aliphatic carbocycles. The Morgan fingerprint density at radius 2 is 2.06 bits per heavy atom. The minimum Gasteiger partial charge on any atom is -0.507 e. The van der Waals surface area contributed by atoms with E-state index in [1.165, 1.54) is 0 Å². The number of rotatable bonds is 3. The molecule has 0 aromatic heterocycles. The molecule has 18 heavy (non-hydrogen) atoms.